The number of nitrogens with zero attached hydrogens (tertiary/aromatic N) is 4. The molecule has 0 radical (unpaired) electrons. The van der Waals surface area contributed by atoms with Crippen LogP contribution in [0.15, 0.2) is 36.7 Å². The van der Waals surface area contributed by atoms with E-state index in [1.165, 1.54) is 0 Å². The maximum atomic E-state index is 12.9. The number of rotatable bonds is 5. The van der Waals surface area contributed by atoms with E-state index in [0.717, 1.165) is 37.4 Å². The standard InChI is InChI=1S/C21H29N5O2/c1-24-7-9-26(10-8-24)18-5-3-15(4-6-18)21(28)23-20(16-11-19(27)12-16)17-13-22-25(2)14-17/h3-6,13-14,16,19-20,27H,7-12H2,1-2H3,(H,23,28)/t16?,19?,20-/m1/s1. The van der Waals surface area contributed by atoms with Crippen LogP contribution in [-0.4, -0.2) is 65.0 Å². The van der Waals surface area contributed by atoms with Crippen LogP contribution in [0.25, 0.3) is 0 Å². The number of anilines is 1. The highest BCUT2D eigenvalue weighted by molar-refractivity contribution is 5.94. The molecule has 7 nitrogen and oxygen atoms in total. The highest BCUT2D eigenvalue weighted by Gasteiger charge is 2.36. The number of hydrogen-bond donors (Lipinski definition) is 2. The Morgan fingerprint density at radius 2 is 1.82 bits per heavy atom. The van der Waals surface area contributed by atoms with E-state index in [0.29, 0.717) is 18.4 Å². The third kappa shape index (κ3) is 4.05. The van der Waals surface area contributed by atoms with Gasteiger partial charge in [0, 0.05) is 56.2 Å². The largest absolute Gasteiger partial charge is 0.393 e. The lowest BCUT2D eigenvalue weighted by Crippen LogP contribution is -2.44. The molecule has 0 unspecified atom stereocenters. The van der Waals surface area contributed by atoms with Gasteiger partial charge in [-0.25, -0.2) is 0 Å². The Bertz CT molecular complexity index is 804. The van der Waals surface area contributed by atoms with Gasteiger partial charge < -0.3 is 20.2 Å². The van der Waals surface area contributed by atoms with Crippen molar-refractivity contribution in [3.8, 4) is 0 Å². The summed E-state index contributed by atoms with van der Waals surface area (Å²) in [4.78, 5) is 17.6. The van der Waals surface area contributed by atoms with Crippen molar-refractivity contribution in [1.29, 1.82) is 0 Å². The van der Waals surface area contributed by atoms with Crippen LogP contribution in [0.1, 0.15) is 34.8 Å². The van der Waals surface area contributed by atoms with Crippen molar-refractivity contribution in [3.63, 3.8) is 0 Å². The SMILES string of the molecule is CN1CCN(c2ccc(C(=O)N[C@@H](c3cnn(C)c3)C3CC(O)C3)cc2)CC1. The van der Waals surface area contributed by atoms with Crippen LogP contribution in [0.2, 0.25) is 0 Å². The summed E-state index contributed by atoms with van der Waals surface area (Å²) >= 11 is 0. The van der Waals surface area contributed by atoms with Gasteiger partial charge >= 0.3 is 0 Å². The summed E-state index contributed by atoms with van der Waals surface area (Å²) in [5.41, 5.74) is 2.81. The first-order valence-corrected chi connectivity index (χ1v) is 10.0. The van der Waals surface area contributed by atoms with Crippen molar-refractivity contribution in [1.82, 2.24) is 20.0 Å². The van der Waals surface area contributed by atoms with Gasteiger partial charge in [0.1, 0.15) is 0 Å². The molecular formula is C21H29N5O2. The van der Waals surface area contributed by atoms with Crippen LogP contribution in [-0.2, 0) is 7.05 Å². The van der Waals surface area contributed by atoms with Crippen LogP contribution in [0, 0.1) is 5.92 Å². The van der Waals surface area contributed by atoms with Gasteiger partial charge in [-0.05, 0) is 50.1 Å². The zero-order valence-electron chi connectivity index (χ0n) is 16.6. The predicted molar refractivity (Wildman–Crippen MR) is 108 cm³/mol. The molecule has 1 aliphatic carbocycles. The average molecular weight is 383 g/mol. The molecule has 2 heterocycles. The Hall–Kier alpha value is -2.38. The van der Waals surface area contributed by atoms with Gasteiger partial charge in [-0.3, -0.25) is 9.48 Å². The molecular weight excluding hydrogens is 354 g/mol. The molecule has 7 heteroatoms. The Morgan fingerprint density at radius 3 is 2.39 bits per heavy atom. The first kappa shape index (κ1) is 19.0. The van der Waals surface area contributed by atoms with E-state index in [9.17, 15) is 9.90 Å². The number of aryl methyl sites for hydroxylation is 1. The summed E-state index contributed by atoms with van der Waals surface area (Å²) < 4.78 is 1.74. The molecule has 2 aromatic rings. The summed E-state index contributed by atoms with van der Waals surface area (Å²) in [6, 6.07) is 7.75. The number of carbonyl (C=O) groups excluding carboxylic acids is 1. The second kappa shape index (κ2) is 7.93. The van der Waals surface area contributed by atoms with E-state index in [2.05, 4.69) is 27.3 Å². The van der Waals surface area contributed by atoms with Crippen molar-refractivity contribution in [2.24, 2.45) is 13.0 Å². The van der Waals surface area contributed by atoms with Gasteiger partial charge in [0.15, 0.2) is 0 Å². The predicted octanol–water partition coefficient (Wildman–Crippen LogP) is 1.41. The number of amides is 1. The van der Waals surface area contributed by atoms with Crippen LogP contribution < -0.4 is 10.2 Å². The summed E-state index contributed by atoms with van der Waals surface area (Å²) in [5.74, 6) is 0.160. The number of nitrogens with one attached hydrogen (secondary N) is 1. The zero-order valence-corrected chi connectivity index (χ0v) is 16.6. The summed E-state index contributed by atoms with van der Waals surface area (Å²) in [6.07, 6.45) is 4.90. The minimum absolute atomic E-state index is 0.0832. The molecule has 4 rings (SSSR count). The van der Waals surface area contributed by atoms with Crippen molar-refractivity contribution >= 4 is 11.6 Å². The number of carbonyl (C=O) groups is 1. The fourth-order valence-electron chi connectivity index (χ4n) is 4.09. The van der Waals surface area contributed by atoms with Crippen molar-refractivity contribution in [2.45, 2.75) is 25.0 Å². The Balaban J connectivity index is 1.44. The molecule has 0 spiro atoms. The summed E-state index contributed by atoms with van der Waals surface area (Å²) in [7, 11) is 4.01. The van der Waals surface area contributed by atoms with Crippen molar-refractivity contribution in [3.05, 3.63) is 47.8 Å². The highest BCUT2D eigenvalue weighted by Crippen LogP contribution is 2.38. The summed E-state index contributed by atoms with van der Waals surface area (Å²) in [5, 5.41) is 17.1. The number of likely N-dealkylation sites (N-methyl/N-ethyl adjacent to an activating group) is 1. The number of aliphatic hydroxyl groups excluding tert-OH is 1. The molecule has 1 aromatic carbocycles. The molecule has 2 fully saturated rings. The molecule has 1 saturated heterocycles. The van der Waals surface area contributed by atoms with E-state index in [4.69, 9.17) is 0 Å². The highest BCUT2D eigenvalue weighted by atomic mass is 16.3. The lowest BCUT2D eigenvalue weighted by molar-refractivity contribution is 0.0235. The zero-order chi connectivity index (χ0) is 19.7. The fraction of sp³-hybridized carbons (Fsp3) is 0.524. The number of aliphatic hydroxyl groups is 1. The first-order valence-electron chi connectivity index (χ1n) is 10.0. The van der Waals surface area contributed by atoms with Gasteiger partial charge in [0.25, 0.3) is 5.91 Å². The monoisotopic (exact) mass is 383 g/mol. The molecule has 1 aliphatic heterocycles. The lowest BCUT2D eigenvalue weighted by atomic mass is 9.75. The molecule has 1 amide bonds. The van der Waals surface area contributed by atoms with E-state index in [1.807, 2.05) is 37.5 Å². The molecule has 2 N–H and O–H groups in total. The van der Waals surface area contributed by atoms with Gasteiger partial charge in [0.05, 0.1) is 18.3 Å². The minimum atomic E-state index is -0.260. The van der Waals surface area contributed by atoms with E-state index < -0.39 is 0 Å². The Kier molecular flexibility index (Phi) is 5.37. The Labute approximate surface area is 165 Å². The Morgan fingerprint density at radius 1 is 1.14 bits per heavy atom. The molecule has 1 atom stereocenters. The average Bonchev–Trinajstić information content (AvgIpc) is 3.10. The van der Waals surface area contributed by atoms with Crippen LogP contribution in [0.3, 0.4) is 0 Å². The number of piperazine rings is 1. The maximum Gasteiger partial charge on any atom is 0.251 e. The van der Waals surface area contributed by atoms with Crippen LogP contribution >= 0.6 is 0 Å². The second-order valence-corrected chi connectivity index (χ2v) is 8.12. The van der Waals surface area contributed by atoms with Gasteiger partial charge in [-0.2, -0.15) is 5.10 Å². The topological polar surface area (TPSA) is 73.6 Å². The van der Waals surface area contributed by atoms with Crippen molar-refractivity contribution in [2.75, 3.05) is 38.1 Å². The van der Waals surface area contributed by atoms with E-state index in [1.54, 1.807) is 10.9 Å². The van der Waals surface area contributed by atoms with Crippen LogP contribution in [0.5, 0.6) is 0 Å². The van der Waals surface area contributed by atoms with Gasteiger partial charge in [-0.1, -0.05) is 0 Å². The fourth-order valence-corrected chi connectivity index (χ4v) is 4.09. The second-order valence-electron chi connectivity index (χ2n) is 8.12. The van der Waals surface area contributed by atoms with E-state index >= 15 is 0 Å². The molecule has 2 aliphatic rings. The molecule has 150 valence electrons. The van der Waals surface area contributed by atoms with Crippen LogP contribution in [0.4, 0.5) is 5.69 Å². The van der Waals surface area contributed by atoms with E-state index in [-0.39, 0.29) is 24.0 Å². The molecule has 0 bridgehead atoms. The molecule has 1 saturated carbocycles. The smallest absolute Gasteiger partial charge is 0.251 e. The number of aromatic nitrogens is 2. The number of benzene rings is 1. The normalized spacial score (nSPS) is 23.9. The summed E-state index contributed by atoms with van der Waals surface area (Å²) in [6.45, 7) is 4.13. The molecule has 1 aromatic heterocycles. The molecule has 28 heavy (non-hydrogen) atoms. The third-order valence-corrected chi connectivity index (χ3v) is 5.99. The maximum absolute atomic E-state index is 12.9. The third-order valence-electron chi connectivity index (χ3n) is 5.99. The lowest BCUT2D eigenvalue weighted by Gasteiger charge is -2.37. The minimum Gasteiger partial charge on any atom is -0.393 e. The quantitative estimate of drug-likeness (QED) is 0.817. The first-order chi connectivity index (χ1) is 13.5. The van der Waals surface area contributed by atoms with Crippen molar-refractivity contribution < 1.29 is 9.90 Å². The number of hydrogen-bond acceptors (Lipinski definition) is 5. The van der Waals surface area contributed by atoms with Gasteiger partial charge in [0.2, 0.25) is 0 Å². The van der Waals surface area contributed by atoms with Gasteiger partial charge in [-0.15, -0.1) is 0 Å².